The highest BCUT2D eigenvalue weighted by atomic mass is 16.5. The number of aromatic hydroxyl groups is 2. The van der Waals surface area contributed by atoms with E-state index in [2.05, 4.69) is 15.5 Å². The Hall–Kier alpha value is -4.73. The van der Waals surface area contributed by atoms with Crippen molar-refractivity contribution in [2.45, 2.75) is 39.7 Å². The van der Waals surface area contributed by atoms with Gasteiger partial charge in [-0.05, 0) is 27.7 Å². The summed E-state index contributed by atoms with van der Waals surface area (Å²) >= 11 is 0. The number of rotatable bonds is 5. The topological polar surface area (TPSA) is 152 Å². The summed E-state index contributed by atoms with van der Waals surface area (Å²) in [5.41, 5.74) is -0.771. The van der Waals surface area contributed by atoms with Crippen molar-refractivity contribution < 1.29 is 33.9 Å². The second-order valence-corrected chi connectivity index (χ2v) is 9.12. The molecule has 0 spiro atoms. The van der Waals surface area contributed by atoms with Crippen LogP contribution in [0, 0.1) is 6.92 Å². The molecule has 10 heteroatoms. The molecular formula is C27H23N3O7. The molecule has 0 saturated heterocycles. The second kappa shape index (κ2) is 8.44. The van der Waals surface area contributed by atoms with Gasteiger partial charge in [-0.25, -0.2) is 0 Å². The van der Waals surface area contributed by atoms with Gasteiger partial charge in [-0.15, -0.1) is 0 Å². The number of benzene rings is 2. The zero-order valence-electron chi connectivity index (χ0n) is 20.5. The summed E-state index contributed by atoms with van der Waals surface area (Å²) in [6.45, 7) is 5.81. The minimum atomic E-state index is -1.58. The number of phenolic OH excluding ortho intramolecular Hbond substituents is 2. The monoisotopic (exact) mass is 501 g/mol. The standard InChI is InChI=1S/C27H23N3O7/c1-12-22(33)20(14(3)31)24-21(23(12)34)27(4)17(36-24)10-16(32)19(25(27)35)13(2)28-11-18-29-26(30-37-18)15-8-6-5-7-9-15/h5-10,28,33-34H,11H2,1-4H3. The molecule has 3 N–H and O–H groups in total. The number of ether oxygens (including phenoxy) is 1. The van der Waals surface area contributed by atoms with Gasteiger partial charge in [0, 0.05) is 22.9 Å². The first-order valence-electron chi connectivity index (χ1n) is 11.5. The largest absolute Gasteiger partial charge is 0.507 e. The summed E-state index contributed by atoms with van der Waals surface area (Å²) < 4.78 is 11.1. The van der Waals surface area contributed by atoms with Crippen molar-refractivity contribution >= 4 is 17.3 Å². The molecular weight excluding hydrogens is 478 g/mol. The normalized spacial score (nSPS) is 19.6. The van der Waals surface area contributed by atoms with E-state index in [1.165, 1.54) is 20.8 Å². The van der Waals surface area contributed by atoms with Gasteiger partial charge in [-0.2, -0.15) is 4.98 Å². The van der Waals surface area contributed by atoms with Crippen LogP contribution in [0.25, 0.3) is 11.4 Å². The Balaban J connectivity index is 1.51. The summed E-state index contributed by atoms with van der Waals surface area (Å²) in [4.78, 5) is 43.5. The molecule has 37 heavy (non-hydrogen) atoms. The van der Waals surface area contributed by atoms with Gasteiger partial charge >= 0.3 is 0 Å². The number of fused-ring (bicyclic) bond motifs is 3. The van der Waals surface area contributed by atoms with E-state index in [0.717, 1.165) is 11.6 Å². The molecule has 0 saturated carbocycles. The lowest BCUT2D eigenvalue weighted by molar-refractivity contribution is -0.123. The lowest BCUT2D eigenvalue weighted by Gasteiger charge is -2.29. The molecule has 2 aromatic carbocycles. The van der Waals surface area contributed by atoms with Gasteiger partial charge in [0.15, 0.2) is 17.3 Å². The third-order valence-electron chi connectivity index (χ3n) is 6.76. The molecule has 0 amide bonds. The fourth-order valence-electron chi connectivity index (χ4n) is 4.69. The maximum Gasteiger partial charge on any atom is 0.246 e. The van der Waals surface area contributed by atoms with Crippen molar-refractivity contribution in [2.24, 2.45) is 0 Å². The van der Waals surface area contributed by atoms with Crippen LogP contribution in [0.3, 0.4) is 0 Å². The Labute approximate surface area is 211 Å². The van der Waals surface area contributed by atoms with Gasteiger partial charge in [0.2, 0.25) is 11.7 Å². The third-order valence-corrected chi connectivity index (χ3v) is 6.76. The van der Waals surface area contributed by atoms with Gasteiger partial charge < -0.3 is 24.8 Å². The molecule has 188 valence electrons. The number of nitrogens with zero attached hydrogens (tertiary/aromatic N) is 2. The molecule has 1 unspecified atom stereocenters. The zero-order valence-corrected chi connectivity index (χ0v) is 20.5. The van der Waals surface area contributed by atoms with Crippen molar-refractivity contribution in [3.8, 4) is 28.6 Å². The van der Waals surface area contributed by atoms with Crippen molar-refractivity contribution in [1.29, 1.82) is 0 Å². The molecule has 1 aliphatic carbocycles. The van der Waals surface area contributed by atoms with Crippen LogP contribution >= 0.6 is 0 Å². The highest BCUT2D eigenvalue weighted by Gasteiger charge is 2.56. The summed E-state index contributed by atoms with van der Waals surface area (Å²) in [7, 11) is 0. The van der Waals surface area contributed by atoms with E-state index in [-0.39, 0.29) is 57.7 Å². The lowest BCUT2D eigenvalue weighted by Crippen LogP contribution is -2.41. The first-order valence-corrected chi connectivity index (χ1v) is 11.5. The van der Waals surface area contributed by atoms with Crippen LogP contribution in [0.1, 0.15) is 48.1 Å². The predicted molar refractivity (Wildman–Crippen MR) is 130 cm³/mol. The summed E-state index contributed by atoms with van der Waals surface area (Å²) in [5.74, 6) is -2.05. The molecule has 0 radical (unpaired) electrons. The van der Waals surface area contributed by atoms with Gasteiger partial charge in [-0.3, -0.25) is 14.4 Å². The van der Waals surface area contributed by atoms with Gasteiger partial charge in [0.1, 0.15) is 34.0 Å². The average molecular weight is 501 g/mol. The number of Topliss-reactive ketones (excluding diaryl/α,β-unsaturated/α-hetero) is 2. The number of allylic oxidation sites excluding steroid dienone is 4. The molecule has 1 aromatic heterocycles. The van der Waals surface area contributed by atoms with Crippen LogP contribution in [-0.4, -0.2) is 37.7 Å². The number of hydrogen-bond donors (Lipinski definition) is 3. The van der Waals surface area contributed by atoms with Crippen molar-refractivity contribution in [2.75, 3.05) is 0 Å². The second-order valence-electron chi connectivity index (χ2n) is 9.12. The summed E-state index contributed by atoms with van der Waals surface area (Å²) in [6.07, 6.45) is 1.16. The van der Waals surface area contributed by atoms with Crippen molar-refractivity contribution in [1.82, 2.24) is 15.5 Å². The van der Waals surface area contributed by atoms with Crippen LogP contribution < -0.4 is 10.1 Å². The molecule has 2 aliphatic rings. The van der Waals surface area contributed by atoms with Gasteiger partial charge in [0.25, 0.3) is 0 Å². The number of nitrogens with one attached hydrogen (secondary N) is 1. The molecule has 1 aliphatic heterocycles. The molecule has 10 nitrogen and oxygen atoms in total. The number of aromatic nitrogens is 2. The average Bonchev–Trinajstić information content (AvgIpc) is 3.45. The van der Waals surface area contributed by atoms with Crippen LogP contribution in [-0.2, 0) is 21.5 Å². The molecule has 0 fully saturated rings. The van der Waals surface area contributed by atoms with E-state index in [4.69, 9.17) is 9.26 Å². The molecule has 0 bridgehead atoms. The molecule has 3 aromatic rings. The Kier molecular flexibility index (Phi) is 5.47. The smallest absolute Gasteiger partial charge is 0.246 e. The van der Waals surface area contributed by atoms with Crippen LogP contribution in [0.15, 0.2) is 58.0 Å². The maximum absolute atomic E-state index is 13.8. The van der Waals surface area contributed by atoms with E-state index in [1.807, 2.05) is 30.3 Å². The Morgan fingerprint density at radius 3 is 2.49 bits per heavy atom. The Morgan fingerprint density at radius 1 is 1.11 bits per heavy atom. The highest BCUT2D eigenvalue weighted by molar-refractivity contribution is 6.31. The quantitative estimate of drug-likeness (QED) is 0.269. The number of phenols is 2. The third kappa shape index (κ3) is 3.52. The van der Waals surface area contributed by atoms with Crippen molar-refractivity contribution in [3.63, 3.8) is 0 Å². The maximum atomic E-state index is 13.8. The molecule has 5 rings (SSSR count). The van der Waals surface area contributed by atoms with Crippen LogP contribution in [0.4, 0.5) is 0 Å². The first-order chi connectivity index (χ1) is 17.6. The minimum Gasteiger partial charge on any atom is -0.507 e. The Morgan fingerprint density at radius 2 is 1.81 bits per heavy atom. The number of ketones is 3. The van der Waals surface area contributed by atoms with E-state index in [9.17, 15) is 24.6 Å². The summed E-state index contributed by atoms with van der Waals surface area (Å²) in [6, 6.07) is 9.26. The van der Waals surface area contributed by atoms with Gasteiger partial charge in [0.05, 0.1) is 17.7 Å². The molecule has 2 heterocycles. The van der Waals surface area contributed by atoms with E-state index in [1.54, 1.807) is 6.92 Å². The Bertz CT molecular complexity index is 1570. The zero-order chi connectivity index (χ0) is 26.6. The van der Waals surface area contributed by atoms with E-state index >= 15 is 0 Å². The fourth-order valence-corrected chi connectivity index (χ4v) is 4.69. The van der Waals surface area contributed by atoms with Crippen LogP contribution in [0.2, 0.25) is 0 Å². The highest BCUT2D eigenvalue weighted by Crippen LogP contribution is 2.57. The number of carbonyl (C=O) groups is 3. The van der Waals surface area contributed by atoms with Gasteiger partial charge in [-0.1, -0.05) is 35.5 Å². The first kappa shape index (κ1) is 24.0. The van der Waals surface area contributed by atoms with Crippen molar-refractivity contribution in [3.05, 3.63) is 76.0 Å². The molecule has 1 atom stereocenters. The lowest BCUT2D eigenvalue weighted by atomic mass is 9.70. The summed E-state index contributed by atoms with van der Waals surface area (Å²) in [5, 5.41) is 28.3. The predicted octanol–water partition coefficient (Wildman–Crippen LogP) is 3.41. The van der Waals surface area contributed by atoms with Crippen LogP contribution in [0.5, 0.6) is 17.2 Å². The number of carbonyl (C=O) groups excluding carboxylic acids is 3. The van der Waals surface area contributed by atoms with E-state index < -0.39 is 28.5 Å². The van der Waals surface area contributed by atoms with E-state index in [0.29, 0.717) is 5.82 Å². The number of hydrogen-bond acceptors (Lipinski definition) is 10. The minimum absolute atomic E-state index is 0.0266. The SMILES string of the molecule is CC(=O)c1c(O)c(C)c(O)c2c1OC1=CC(=O)C(=C(C)NCc3nc(-c4ccccc4)no3)C(=O)C12C. The fraction of sp³-hybridized carbons (Fsp3) is 0.222.